The highest BCUT2D eigenvalue weighted by Crippen LogP contribution is 2.47. The van der Waals surface area contributed by atoms with Crippen LogP contribution in [-0.2, 0) is 0 Å². The summed E-state index contributed by atoms with van der Waals surface area (Å²) in [5.74, 6) is 5.30. The van der Waals surface area contributed by atoms with Gasteiger partial charge in [-0.2, -0.15) is 0 Å². The van der Waals surface area contributed by atoms with Crippen molar-refractivity contribution in [3.63, 3.8) is 0 Å². The zero-order chi connectivity index (χ0) is 38.9. The van der Waals surface area contributed by atoms with E-state index in [2.05, 4.69) is 97.1 Å². The lowest BCUT2D eigenvalue weighted by atomic mass is 9.94. The predicted molar refractivity (Wildman–Crippen MR) is 234 cm³/mol. The summed E-state index contributed by atoms with van der Waals surface area (Å²) in [6, 6.07) is 76.7. The second kappa shape index (κ2) is 16.9. The van der Waals surface area contributed by atoms with Gasteiger partial charge in [-0.05, 0) is 82.4 Å². The van der Waals surface area contributed by atoms with Crippen LogP contribution in [-0.4, -0.2) is 0 Å². The molecule has 0 heterocycles. The minimum atomic E-state index is 0.590. The summed E-state index contributed by atoms with van der Waals surface area (Å²) in [5.41, 5.74) is 8.24. The van der Waals surface area contributed by atoms with Gasteiger partial charge in [-0.25, -0.2) is 0 Å². The normalized spacial score (nSPS) is 10.8. The lowest BCUT2D eigenvalue weighted by molar-refractivity contribution is 0.420. The molecule has 0 amide bonds. The van der Waals surface area contributed by atoms with Gasteiger partial charge in [-0.3, -0.25) is 0 Å². The van der Waals surface area contributed by atoms with Gasteiger partial charge in [0.2, 0.25) is 0 Å². The van der Waals surface area contributed by atoms with Gasteiger partial charge < -0.3 is 18.9 Å². The molecule has 9 aromatic carbocycles. The fourth-order valence-corrected chi connectivity index (χ4v) is 7.02. The lowest BCUT2D eigenvalue weighted by Crippen LogP contribution is -1.96. The summed E-state index contributed by atoms with van der Waals surface area (Å²) in [6.45, 7) is 0. The maximum atomic E-state index is 6.92. The zero-order valence-electron chi connectivity index (χ0n) is 31.6. The van der Waals surface area contributed by atoms with Crippen molar-refractivity contribution in [3.05, 3.63) is 231 Å². The van der Waals surface area contributed by atoms with Gasteiger partial charge in [0.25, 0.3) is 0 Å². The standard InChI is InChI=1S/C54H38O4/c1-4-19-39(20-5-1)46-29-10-11-30-47(46)41-23-16-26-43(37-41)55-44-27-17-28-45(38-44)57-51-34-13-12-31-49(51)50-33-18-32-48(40-21-6-2-7-22-40)54(50)58-53-36-15-14-35-52(53)56-42-24-8-3-9-25-42/h1-38H. The molecule has 0 saturated heterocycles. The molecule has 4 nitrogen and oxygen atoms in total. The topological polar surface area (TPSA) is 36.9 Å². The molecule has 0 spiro atoms. The Kier molecular flexibility index (Phi) is 10.5. The Hall–Kier alpha value is -7.82. The van der Waals surface area contributed by atoms with Crippen LogP contribution in [0.5, 0.6) is 46.0 Å². The molecular formula is C54H38O4. The van der Waals surface area contributed by atoms with E-state index >= 15 is 0 Å². The third-order valence-electron chi connectivity index (χ3n) is 9.74. The fraction of sp³-hybridized carbons (Fsp3) is 0. The van der Waals surface area contributed by atoms with Crippen LogP contribution in [0.15, 0.2) is 231 Å². The molecule has 0 atom stereocenters. The molecule has 0 aliphatic carbocycles. The summed E-state index contributed by atoms with van der Waals surface area (Å²) < 4.78 is 26.4. The van der Waals surface area contributed by atoms with E-state index in [1.807, 2.05) is 133 Å². The van der Waals surface area contributed by atoms with Gasteiger partial charge in [0, 0.05) is 22.8 Å². The summed E-state index contributed by atoms with van der Waals surface area (Å²) in [5, 5.41) is 0. The highest BCUT2D eigenvalue weighted by Gasteiger charge is 2.20. The Morgan fingerprint density at radius 3 is 1.29 bits per heavy atom. The van der Waals surface area contributed by atoms with E-state index < -0.39 is 0 Å². The highest BCUT2D eigenvalue weighted by atomic mass is 16.5. The van der Waals surface area contributed by atoms with Gasteiger partial charge in [-0.1, -0.05) is 170 Å². The Labute approximate surface area is 338 Å². The summed E-state index contributed by atoms with van der Waals surface area (Å²) in [6.07, 6.45) is 0. The van der Waals surface area contributed by atoms with Gasteiger partial charge in [0.1, 0.15) is 34.5 Å². The Balaban J connectivity index is 1.03. The second-order valence-corrected chi connectivity index (χ2v) is 13.6. The van der Waals surface area contributed by atoms with Gasteiger partial charge >= 0.3 is 0 Å². The molecular weight excluding hydrogens is 713 g/mol. The van der Waals surface area contributed by atoms with Gasteiger partial charge in [0.15, 0.2) is 11.5 Å². The summed E-state index contributed by atoms with van der Waals surface area (Å²) in [7, 11) is 0. The van der Waals surface area contributed by atoms with Gasteiger partial charge in [0.05, 0.1) is 0 Å². The Morgan fingerprint density at radius 2 is 0.603 bits per heavy atom. The first-order chi connectivity index (χ1) is 28.7. The molecule has 0 N–H and O–H groups in total. The Morgan fingerprint density at radius 1 is 0.207 bits per heavy atom. The van der Waals surface area contributed by atoms with Crippen molar-refractivity contribution in [2.45, 2.75) is 0 Å². The molecule has 278 valence electrons. The molecule has 0 fully saturated rings. The van der Waals surface area contributed by atoms with Crippen LogP contribution >= 0.6 is 0 Å². The molecule has 0 bridgehead atoms. The first-order valence-electron chi connectivity index (χ1n) is 19.2. The first-order valence-corrected chi connectivity index (χ1v) is 19.2. The zero-order valence-corrected chi connectivity index (χ0v) is 31.6. The summed E-state index contributed by atoms with van der Waals surface area (Å²) >= 11 is 0. The molecule has 0 unspecified atom stereocenters. The minimum absolute atomic E-state index is 0.590. The molecule has 4 heteroatoms. The van der Waals surface area contributed by atoms with Crippen LogP contribution in [0, 0.1) is 0 Å². The summed E-state index contributed by atoms with van der Waals surface area (Å²) in [4.78, 5) is 0. The van der Waals surface area contributed by atoms with E-state index in [9.17, 15) is 0 Å². The van der Waals surface area contributed by atoms with Crippen molar-refractivity contribution < 1.29 is 18.9 Å². The SMILES string of the molecule is c1ccc(Oc2ccccc2Oc2c(-c3ccccc3)cccc2-c2ccccc2Oc2cccc(Oc3cccc(-c4ccccc4-c4ccccc4)c3)c2)cc1. The average Bonchev–Trinajstić information content (AvgIpc) is 3.28. The molecule has 0 aliphatic rings. The monoisotopic (exact) mass is 750 g/mol. The van der Waals surface area contributed by atoms with Crippen molar-refractivity contribution >= 4 is 0 Å². The second-order valence-electron chi connectivity index (χ2n) is 13.6. The van der Waals surface area contributed by atoms with Crippen LogP contribution in [0.3, 0.4) is 0 Å². The number of hydrogen-bond donors (Lipinski definition) is 0. The van der Waals surface area contributed by atoms with E-state index in [0.29, 0.717) is 34.5 Å². The number of benzene rings is 9. The number of rotatable bonds is 12. The number of ether oxygens (including phenoxy) is 4. The van der Waals surface area contributed by atoms with Crippen molar-refractivity contribution in [2.75, 3.05) is 0 Å². The highest BCUT2D eigenvalue weighted by molar-refractivity contribution is 5.86. The number of hydrogen-bond acceptors (Lipinski definition) is 4. The van der Waals surface area contributed by atoms with E-state index in [-0.39, 0.29) is 0 Å². The Bertz CT molecular complexity index is 2780. The van der Waals surface area contributed by atoms with Crippen molar-refractivity contribution in [2.24, 2.45) is 0 Å². The first kappa shape index (κ1) is 35.9. The largest absolute Gasteiger partial charge is 0.457 e. The molecule has 9 aromatic rings. The fourth-order valence-electron chi connectivity index (χ4n) is 7.02. The molecule has 9 rings (SSSR count). The van der Waals surface area contributed by atoms with Crippen LogP contribution < -0.4 is 18.9 Å². The van der Waals surface area contributed by atoms with Crippen LogP contribution in [0.1, 0.15) is 0 Å². The van der Waals surface area contributed by atoms with E-state index in [4.69, 9.17) is 18.9 Å². The van der Waals surface area contributed by atoms with Crippen molar-refractivity contribution in [1.82, 2.24) is 0 Å². The predicted octanol–water partition coefficient (Wildman–Crippen LogP) is 15.5. The molecule has 58 heavy (non-hydrogen) atoms. The van der Waals surface area contributed by atoms with Crippen LogP contribution in [0.25, 0.3) is 44.5 Å². The third kappa shape index (κ3) is 8.08. The van der Waals surface area contributed by atoms with Gasteiger partial charge in [-0.15, -0.1) is 0 Å². The van der Waals surface area contributed by atoms with E-state index in [1.54, 1.807) is 0 Å². The number of para-hydroxylation sites is 5. The third-order valence-corrected chi connectivity index (χ3v) is 9.74. The van der Waals surface area contributed by atoms with E-state index in [1.165, 1.54) is 11.1 Å². The maximum Gasteiger partial charge on any atom is 0.170 e. The van der Waals surface area contributed by atoms with Crippen LogP contribution in [0.4, 0.5) is 0 Å². The van der Waals surface area contributed by atoms with Crippen LogP contribution in [0.2, 0.25) is 0 Å². The van der Waals surface area contributed by atoms with Crippen molar-refractivity contribution in [3.8, 4) is 90.5 Å². The molecule has 0 radical (unpaired) electrons. The molecule has 0 aliphatic heterocycles. The molecule has 0 aromatic heterocycles. The smallest absolute Gasteiger partial charge is 0.170 e. The van der Waals surface area contributed by atoms with Crippen molar-refractivity contribution in [1.29, 1.82) is 0 Å². The molecule has 0 saturated carbocycles. The lowest BCUT2D eigenvalue weighted by Gasteiger charge is -2.20. The minimum Gasteiger partial charge on any atom is -0.457 e. The average molecular weight is 751 g/mol. The quantitative estimate of drug-likeness (QED) is 0.125. The maximum absolute atomic E-state index is 6.92. The van der Waals surface area contributed by atoms with E-state index in [0.717, 1.165) is 44.9 Å².